The van der Waals surface area contributed by atoms with E-state index in [1.165, 1.54) is 18.2 Å². The zero-order valence-corrected chi connectivity index (χ0v) is 10.2. The van der Waals surface area contributed by atoms with Crippen LogP contribution in [0.5, 0.6) is 0 Å². The summed E-state index contributed by atoms with van der Waals surface area (Å²) in [5, 5.41) is 20.2. The van der Waals surface area contributed by atoms with E-state index in [-0.39, 0.29) is 11.2 Å². The Kier molecular flexibility index (Phi) is 4.12. The summed E-state index contributed by atoms with van der Waals surface area (Å²) in [4.78, 5) is 11.9. The van der Waals surface area contributed by atoms with Crippen LogP contribution in [0.4, 0.5) is 14.5 Å². The number of nitrogens with one attached hydrogen (secondary N) is 1. The highest BCUT2D eigenvalue weighted by molar-refractivity contribution is 6.58. The molecular formula is C13H10BF2NO3. The maximum absolute atomic E-state index is 13.6. The number of hydrogen-bond donors (Lipinski definition) is 3. The highest BCUT2D eigenvalue weighted by Gasteiger charge is 2.18. The largest absolute Gasteiger partial charge is 0.488 e. The predicted molar refractivity (Wildman–Crippen MR) is 70.6 cm³/mol. The first-order chi connectivity index (χ1) is 9.49. The van der Waals surface area contributed by atoms with E-state index >= 15 is 0 Å². The Balaban J connectivity index is 2.30. The van der Waals surface area contributed by atoms with E-state index in [9.17, 15) is 13.6 Å². The Labute approximate surface area is 113 Å². The van der Waals surface area contributed by atoms with Crippen molar-refractivity contribution in [3.63, 3.8) is 0 Å². The van der Waals surface area contributed by atoms with Crippen LogP contribution in [0.25, 0.3) is 0 Å². The molecule has 1 amide bonds. The third-order valence-electron chi connectivity index (χ3n) is 2.66. The topological polar surface area (TPSA) is 69.6 Å². The molecule has 3 N–H and O–H groups in total. The van der Waals surface area contributed by atoms with E-state index in [4.69, 9.17) is 10.0 Å². The highest BCUT2D eigenvalue weighted by atomic mass is 19.1. The highest BCUT2D eigenvalue weighted by Crippen LogP contribution is 2.15. The first-order valence-corrected chi connectivity index (χ1v) is 5.70. The maximum Gasteiger partial charge on any atom is 0.488 e. The van der Waals surface area contributed by atoms with Gasteiger partial charge in [-0.05, 0) is 29.7 Å². The van der Waals surface area contributed by atoms with Gasteiger partial charge in [0.1, 0.15) is 11.6 Å². The normalized spacial score (nSPS) is 10.2. The summed E-state index contributed by atoms with van der Waals surface area (Å²) in [5.74, 6) is -2.38. The van der Waals surface area contributed by atoms with Gasteiger partial charge in [-0.25, -0.2) is 8.78 Å². The molecule has 0 aliphatic heterocycles. The molecule has 0 bridgehead atoms. The van der Waals surface area contributed by atoms with Crippen molar-refractivity contribution in [1.29, 1.82) is 0 Å². The van der Waals surface area contributed by atoms with Crippen LogP contribution in [-0.2, 0) is 0 Å². The summed E-state index contributed by atoms with van der Waals surface area (Å²) in [6.07, 6.45) is 0. The van der Waals surface area contributed by atoms with E-state index in [0.717, 1.165) is 24.3 Å². The minimum absolute atomic E-state index is 0.0370. The summed E-state index contributed by atoms with van der Waals surface area (Å²) >= 11 is 0. The molecule has 0 saturated carbocycles. The Morgan fingerprint density at radius 3 is 2.40 bits per heavy atom. The van der Waals surface area contributed by atoms with Crippen LogP contribution >= 0.6 is 0 Å². The van der Waals surface area contributed by atoms with Crippen molar-refractivity contribution in [3.8, 4) is 0 Å². The van der Waals surface area contributed by atoms with Gasteiger partial charge in [-0.1, -0.05) is 18.2 Å². The number of hydrogen-bond acceptors (Lipinski definition) is 3. The lowest BCUT2D eigenvalue weighted by Gasteiger charge is -2.08. The number of anilines is 1. The predicted octanol–water partition coefficient (Wildman–Crippen LogP) is 0.897. The van der Waals surface area contributed by atoms with Crippen molar-refractivity contribution < 1.29 is 23.6 Å². The molecule has 2 aromatic rings. The van der Waals surface area contributed by atoms with Gasteiger partial charge in [-0.3, -0.25) is 4.79 Å². The van der Waals surface area contributed by atoms with E-state index in [1.807, 2.05) is 0 Å². The lowest BCUT2D eigenvalue weighted by molar-refractivity contribution is 0.102. The van der Waals surface area contributed by atoms with Gasteiger partial charge in [-0.2, -0.15) is 0 Å². The fourth-order valence-corrected chi connectivity index (χ4v) is 1.63. The zero-order chi connectivity index (χ0) is 14.7. The van der Waals surface area contributed by atoms with E-state index < -0.39 is 30.2 Å². The molecule has 0 radical (unpaired) electrons. The summed E-state index contributed by atoms with van der Waals surface area (Å²) in [5.41, 5.74) is -0.532. The standard InChI is InChI=1S/C13H10BF2NO3/c15-10-6-5-8(14(19)20)7-9(10)13(18)17-12-4-2-1-3-11(12)16/h1-7,19-20H,(H,17,18). The average molecular weight is 277 g/mol. The van der Waals surface area contributed by atoms with Gasteiger partial charge < -0.3 is 15.4 Å². The van der Waals surface area contributed by atoms with Crippen molar-refractivity contribution in [1.82, 2.24) is 0 Å². The van der Waals surface area contributed by atoms with Crippen LogP contribution in [0.15, 0.2) is 42.5 Å². The lowest BCUT2D eigenvalue weighted by atomic mass is 9.79. The fourth-order valence-electron chi connectivity index (χ4n) is 1.63. The van der Waals surface area contributed by atoms with Gasteiger partial charge in [0.2, 0.25) is 0 Å². The van der Waals surface area contributed by atoms with Gasteiger partial charge in [0, 0.05) is 0 Å². The maximum atomic E-state index is 13.6. The number of para-hydroxylation sites is 1. The third kappa shape index (κ3) is 3.01. The fraction of sp³-hybridized carbons (Fsp3) is 0. The van der Waals surface area contributed by atoms with Crippen LogP contribution in [0, 0.1) is 11.6 Å². The van der Waals surface area contributed by atoms with Crippen molar-refractivity contribution >= 4 is 24.2 Å². The minimum atomic E-state index is -1.82. The molecule has 102 valence electrons. The Hall–Kier alpha value is -2.25. The minimum Gasteiger partial charge on any atom is -0.423 e. The van der Waals surface area contributed by atoms with Crippen LogP contribution in [0.2, 0.25) is 0 Å². The summed E-state index contributed by atoms with van der Waals surface area (Å²) in [6, 6.07) is 8.52. The van der Waals surface area contributed by atoms with Crippen molar-refractivity contribution in [3.05, 3.63) is 59.7 Å². The van der Waals surface area contributed by atoms with Crippen molar-refractivity contribution in [2.24, 2.45) is 0 Å². The van der Waals surface area contributed by atoms with Crippen LogP contribution in [0.1, 0.15) is 10.4 Å². The number of amides is 1. The average Bonchev–Trinajstić information content (AvgIpc) is 2.41. The Bertz CT molecular complexity index is 649. The molecule has 0 aliphatic carbocycles. The smallest absolute Gasteiger partial charge is 0.423 e. The second-order valence-electron chi connectivity index (χ2n) is 4.05. The number of carbonyl (C=O) groups is 1. The van der Waals surface area contributed by atoms with E-state index in [1.54, 1.807) is 0 Å². The second-order valence-corrected chi connectivity index (χ2v) is 4.05. The molecule has 0 saturated heterocycles. The molecule has 0 spiro atoms. The quantitative estimate of drug-likeness (QED) is 0.730. The van der Waals surface area contributed by atoms with Gasteiger partial charge in [0.05, 0.1) is 11.3 Å². The first-order valence-electron chi connectivity index (χ1n) is 5.70. The molecule has 4 nitrogen and oxygen atoms in total. The zero-order valence-electron chi connectivity index (χ0n) is 10.2. The van der Waals surface area contributed by atoms with Gasteiger partial charge in [0.15, 0.2) is 0 Å². The Morgan fingerprint density at radius 2 is 1.75 bits per heavy atom. The molecule has 7 heteroatoms. The van der Waals surface area contributed by atoms with Crippen molar-refractivity contribution in [2.75, 3.05) is 5.32 Å². The third-order valence-corrected chi connectivity index (χ3v) is 2.66. The summed E-state index contributed by atoms with van der Waals surface area (Å²) in [6.45, 7) is 0. The second kappa shape index (κ2) is 5.81. The molecule has 2 rings (SSSR count). The first kappa shape index (κ1) is 14.2. The van der Waals surface area contributed by atoms with E-state index in [2.05, 4.69) is 5.32 Å². The molecular weight excluding hydrogens is 267 g/mol. The molecule has 0 heterocycles. The van der Waals surface area contributed by atoms with Crippen LogP contribution < -0.4 is 10.8 Å². The number of benzene rings is 2. The molecule has 0 aromatic heterocycles. The molecule has 0 fully saturated rings. The number of rotatable bonds is 3. The monoisotopic (exact) mass is 277 g/mol. The van der Waals surface area contributed by atoms with Gasteiger partial charge in [-0.15, -0.1) is 0 Å². The summed E-state index contributed by atoms with van der Waals surface area (Å²) < 4.78 is 27.0. The molecule has 0 atom stereocenters. The molecule has 20 heavy (non-hydrogen) atoms. The molecule has 0 unspecified atom stereocenters. The van der Waals surface area contributed by atoms with Gasteiger partial charge >= 0.3 is 7.12 Å². The number of carbonyl (C=O) groups excluding carboxylic acids is 1. The van der Waals surface area contributed by atoms with Crippen LogP contribution in [-0.4, -0.2) is 23.1 Å². The molecule has 2 aromatic carbocycles. The van der Waals surface area contributed by atoms with E-state index in [0.29, 0.717) is 0 Å². The lowest BCUT2D eigenvalue weighted by Crippen LogP contribution is -2.31. The molecule has 0 aliphatic rings. The summed E-state index contributed by atoms with van der Waals surface area (Å²) in [7, 11) is -1.82. The SMILES string of the molecule is O=C(Nc1ccccc1F)c1cc(B(O)O)ccc1F. The Morgan fingerprint density at radius 1 is 1.05 bits per heavy atom. The van der Waals surface area contributed by atoms with Crippen LogP contribution in [0.3, 0.4) is 0 Å². The number of halogens is 2. The van der Waals surface area contributed by atoms with Crippen molar-refractivity contribution in [2.45, 2.75) is 0 Å². The van der Waals surface area contributed by atoms with Gasteiger partial charge in [0.25, 0.3) is 5.91 Å².